The van der Waals surface area contributed by atoms with E-state index in [0.717, 1.165) is 19.6 Å². The normalized spacial score (nSPS) is 25.8. The van der Waals surface area contributed by atoms with E-state index in [1.807, 2.05) is 0 Å². The van der Waals surface area contributed by atoms with Crippen molar-refractivity contribution in [3.63, 3.8) is 0 Å². The molecule has 2 nitrogen and oxygen atoms in total. The lowest BCUT2D eigenvalue weighted by atomic mass is 9.89. The van der Waals surface area contributed by atoms with Crippen molar-refractivity contribution in [1.82, 2.24) is 5.32 Å². The van der Waals surface area contributed by atoms with Gasteiger partial charge in [0.05, 0.1) is 5.60 Å². The number of aryl methyl sites for hydroxylation is 1. The second-order valence-corrected chi connectivity index (χ2v) is 6.29. The molecule has 0 bridgehead atoms. The number of ether oxygens (including phenoxy) is 1. The number of nitrogens with one attached hydrogen (secondary N) is 1. The van der Waals surface area contributed by atoms with Crippen LogP contribution < -0.4 is 5.32 Å². The Balaban J connectivity index is 1.53. The van der Waals surface area contributed by atoms with Crippen molar-refractivity contribution in [1.29, 1.82) is 0 Å². The van der Waals surface area contributed by atoms with Gasteiger partial charge in [0, 0.05) is 19.2 Å². The Morgan fingerprint density at radius 2 is 1.95 bits per heavy atom. The van der Waals surface area contributed by atoms with E-state index in [1.54, 1.807) is 0 Å². The minimum Gasteiger partial charge on any atom is -0.375 e. The molecule has 1 aromatic rings. The van der Waals surface area contributed by atoms with Gasteiger partial charge in [-0.3, -0.25) is 0 Å². The summed E-state index contributed by atoms with van der Waals surface area (Å²) in [5, 5.41) is 3.73. The topological polar surface area (TPSA) is 21.3 Å². The van der Waals surface area contributed by atoms with Gasteiger partial charge in [0.1, 0.15) is 0 Å². The zero-order valence-corrected chi connectivity index (χ0v) is 12.0. The fraction of sp³-hybridized carbons (Fsp3) is 0.647. The maximum atomic E-state index is 6.08. The molecule has 3 rings (SSSR count). The van der Waals surface area contributed by atoms with Gasteiger partial charge in [-0.1, -0.05) is 42.7 Å². The van der Waals surface area contributed by atoms with Crippen LogP contribution in [0.4, 0.5) is 0 Å². The zero-order chi connectivity index (χ0) is 13.1. The fourth-order valence-corrected chi connectivity index (χ4v) is 3.54. The van der Waals surface area contributed by atoms with Gasteiger partial charge in [0.25, 0.3) is 0 Å². The Labute approximate surface area is 116 Å². The quantitative estimate of drug-likeness (QED) is 0.896. The fourth-order valence-electron chi connectivity index (χ4n) is 3.54. The second-order valence-electron chi connectivity index (χ2n) is 6.29. The highest BCUT2D eigenvalue weighted by Gasteiger charge is 2.39. The van der Waals surface area contributed by atoms with Crippen molar-refractivity contribution in [2.45, 2.75) is 63.6 Å². The van der Waals surface area contributed by atoms with E-state index >= 15 is 0 Å². The molecule has 1 aliphatic heterocycles. The summed E-state index contributed by atoms with van der Waals surface area (Å²) in [6, 6.07) is 9.48. The number of benzene rings is 1. The minimum atomic E-state index is 0.225. The molecule has 104 valence electrons. The average Bonchev–Trinajstić information content (AvgIpc) is 2.86. The van der Waals surface area contributed by atoms with Crippen LogP contribution >= 0.6 is 0 Å². The van der Waals surface area contributed by atoms with Crippen LogP contribution in [-0.4, -0.2) is 18.2 Å². The van der Waals surface area contributed by atoms with Gasteiger partial charge in [-0.05, 0) is 38.2 Å². The Morgan fingerprint density at radius 1 is 1.21 bits per heavy atom. The van der Waals surface area contributed by atoms with Crippen molar-refractivity contribution in [3.05, 3.63) is 35.4 Å². The Morgan fingerprint density at radius 3 is 2.68 bits per heavy atom. The molecule has 0 amide bonds. The smallest absolute Gasteiger partial charge is 0.0697 e. The predicted molar refractivity (Wildman–Crippen MR) is 78.2 cm³/mol. The summed E-state index contributed by atoms with van der Waals surface area (Å²) in [6.07, 6.45) is 7.62. The summed E-state index contributed by atoms with van der Waals surface area (Å²) in [7, 11) is 0. The zero-order valence-electron chi connectivity index (χ0n) is 12.0. The highest BCUT2D eigenvalue weighted by Crippen LogP contribution is 2.39. The van der Waals surface area contributed by atoms with Crippen molar-refractivity contribution in [3.8, 4) is 0 Å². The maximum absolute atomic E-state index is 6.08. The minimum absolute atomic E-state index is 0.225. The first kappa shape index (κ1) is 13.1. The van der Waals surface area contributed by atoms with E-state index in [2.05, 4.69) is 36.5 Å². The van der Waals surface area contributed by atoms with Crippen LogP contribution in [0.3, 0.4) is 0 Å². The van der Waals surface area contributed by atoms with Gasteiger partial charge >= 0.3 is 0 Å². The molecule has 1 saturated carbocycles. The Kier molecular flexibility index (Phi) is 3.90. The Hall–Kier alpha value is -0.860. The molecule has 19 heavy (non-hydrogen) atoms. The molecule has 1 spiro atoms. The van der Waals surface area contributed by atoms with Crippen LogP contribution in [0.15, 0.2) is 24.3 Å². The van der Waals surface area contributed by atoms with Crippen LogP contribution in [-0.2, 0) is 11.3 Å². The highest BCUT2D eigenvalue weighted by molar-refractivity contribution is 5.21. The lowest BCUT2D eigenvalue weighted by molar-refractivity contribution is -0.0837. The molecule has 1 saturated heterocycles. The molecule has 2 fully saturated rings. The highest BCUT2D eigenvalue weighted by atomic mass is 16.5. The maximum Gasteiger partial charge on any atom is 0.0697 e. The summed E-state index contributed by atoms with van der Waals surface area (Å²) in [5.74, 6) is 0. The molecule has 0 aromatic heterocycles. The summed E-state index contributed by atoms with van der Waals surface area (Å²) in [6.45, 7) is 4.06. The average molecular weight is 259 g/mol. The van der Waals surface area contributed by atoms with E-state index in [0.29, 0.717) is 6.04 Å². The van der Waals surface area contributed by atoms with Crippen LogP contribution in [0.2, 0.25) is 0 Å². The van der Waals surface area contributed by atoms with E-state index in [1.165, 1.54) is 43.2 Å². The summed E-state index contributed by atoms with van der Waals surface area (Å²) < 4.78 is 6.08. The van der Waals surface area contributed by atoms with Gasteiger partial charge in [0.15, 0.2) is 0 Å². The summed E-state index contributed by atoms with van der Waals surface area (Å²) >= 11 is 0. The van der Waals surface area contributed by atoms with Crippen LogP contribution in [0, 0.1) is 6.92 Å². The van der Waals surface area contributed by atoms with E-state index < -0.39 is 0 Å². The van der Waals surface area contributed by atoms with Crippen LogP contribution in [0.5, 0.6) is 0 Å². The van der Waals surface area contributed by atoms with Crippen molar-refractivity contribution in [2.75, 3.05) is 6.61 Å². The first-order valence-corrected chi connectivity index (χ1v) is 7.69. The first-order valence-electron chi connectivity index (χ1n) is 7.69. The monoisotopic (exact) mass is 259 g/mol. The molecule has 1 N–H and O–H groups in total. The van der Waals surface area contributed by atoms with E-state index in [9.17, 15) is 0 Å². The lowest BCUT2D eigenvalue weighted by Gasteiger charge is -2.38. The molecule has 1 unspecified atom stereocenters. The largest absolute Gasteiger partial charge is 0.375 e. The summed E-state index contributed by atoms with van der Waals surface area (Å²) in [4.78, 5) is 0. The van der Waals surface area contributed by atoms with Crippen molar-refractivity contribution >= 4 is 0 Å². The van der Waals surface area contributed by atoms with E-state index in [4.69, 9.17) is 4.74 Å². The van der Waals surface area contributed by atoms with Crippen LogP contribution in [0.25, 0.3) is 0 Å². The molecular formula is C17H25NO. The Bertz CT molecular complexity index is 406. The SMILES string of the molecule is Cc1ccc(CNC2CCOC3(CCCC3)C2)cc1. The molecular weight excluding hydrogens is 234 g/mol. The van der Waals surface area contributed by atoms with Gasteiger partial charge in [-0.2, -0.15) is 0 Å². The molecule has 1 heterocycles. The second kappa shape index (κ2) is 5.64. The molecule has 1 aliphatic carbocycles. The van der Waals surface area contributed by atoms with Crippen molar-refractivity contribution in [2.24, 2.45) is 0 Å². The van der Waals surface area contributed by atoms with Gasteiger partial charge in [-0.15, -0.1) is 0 Å². The molecule has 2 aliphatic rings. The summed E-state index contributed by atoms with van der Waals surface area (Å²) in [5.41, 5.74) is 2.95. The van der Waals surface area contributed by atoms with E-state index in [-0.39, 0.29) is 5.60 Å². The third kappa shape index (κ3) is 3.18. The number of hydrogen-bond donors (Lipinski definition) is 1. The number of rotatable bonds is 3. The first-order chi connectivity index (χ1) is 9.26. The molecule has 1 atom stereocenters. The lowest BCUT2D eigenvalue weighted by Crippen LogP contribution is -2.45. The third-order valence-electron chi connectivity index (χ3n) is 4.72. The van der Waals surface area contributed by atoms with Gasteiger partial charge in [0.2, 0.25) is 0 Å². The van der Waals surface area contributed by atoms with Crippen molar-refractivity contribution < 1.29 is 4.74 Å². The third-order valence-corrected chi connectivity index (χ3v) is 4.72. The van der Waals surface area contributed by atoms with Gasteiger partial charge in [-0.25, -0.2) is 0 Å². The number of hydrogen-bond acceptors (Lipinski definition) is 2. The predicted octanol–water partition coefficient (Wildman–Crippen LogP) is 3.58. The molecule has 0 radical (unpaired) electrons. The van der Waals surface area contributed by atoms with Gasteiger partial charge < -0.3 is 10.1 Å². The molecule has 1 aromatic carbocycles. The molecule has 2 heteroatoms. The standard InChI is InChI=1S/C17H25NO/c1-14-4-6-15(7-5-14)13-18-16-8-11-19-17(12-16)9-2-3-10-17/h4-7,16,18H,2-3,8-13H2,1H3. The van der Waals surface area contributed by atoms with Crippen LogP contribution in [0.1, 0.15) is 49.7 Å².